The molecule has 0 atom stereocenters. The summed E-state index contributed by atoms with van der Waals surface area (Å²) in [6.45, 7) is 12.3. The lowest BCUT2D eigenvalue weighted by atomic mass is 10.2. The third-order valence-electron chi connectivity index (χ3n) is 5.25. The molecular weight excluding hydrogens is 368 g/mol. The standard InChI is InChI=1S/C21H32N6O2/c1-21(2,3)29-20(28)27-7-5-6-25(12-13-27)18-14-17(16-22)23-19(15-18)26-10-8-24(4)9-11-26/h14-15H,5-13H2,1-4H3. The van der Waals surface area contributed by atoms with E-state index in [2.05, 4.69) is 38.9 Å². The van der Waals surface area contributed by atoms with Crippen LogP contribution >= 0.6 is 0 Å². The fraction of sp³-hybridized carbons (Fsp3) is 0.667. The lowest BCUT2D eigenvalue weighted by Gasteiger charge is -2.34. The normalized spacial score (nSPS) is 18.9. The Morgan fingerprint density at radius 2 is 1.72 bits per heavy atom. The van der Waals surface area contributed by atoms with Gasteiger partial charge in [-0.2, -0.15) is 5.26 Å². The van der Waals surface area contributed by atoms with Crippen molar-refractivity contribution in [2.45, 2.75) is 32.8 Å². The molecule has 0 radical (unpaired) electrons. The van der Waals surface area contributed by atoms with Crippen LogP contribution in [0.3, 0.4) is 0 Å². The first-order valence-electron chi connectivity index (χ1n) is 10.3. The fourth-order valence-electron chi connectivity index (χ4n) is 3.62. The second-order valence-corrected chi connectivity index (χ2v) is 8.78. The quantitative estimate of drug-likeness (QED) is 0.753. The highest BCUT2D eigenvalue weighted by atomic mass is 16.6. The van der Waals surface area contributed by atoms with Crippen molar-refractivity contribution in [1.82, 2.24) is 14.8 Å². The molecule has 1 aromatic heterocycles. The number of carbonyl (C=O) groups excluding carboxylic acids is 1. The molecule has 0 spiro atoms. The molecule has 0 saturated carbocycles. The lowest BCUT2D eigenvalue weighted by Crippen LogP contribution is -2.45. The van der Waals surface area contributed by atoms with Gasteiger partial charge in [0.15, 0.2) is 0 Å². The molecule has 2 aliphatic rings. The van der Waals surface area contributed by atoms with Gasteiger partial charge < -0.3 is 24.3 Å². The average molecular weight is 401 g/mol. The van der Waals surface area contributed by atoms with Crippen LogP contribution in [0.4, 0.5) is 16.3 Å². The molecule has 2 fully saturated rings. The molecule has 0 unspecified atom stereocenters. The highest BCUT2D eigenvalue weighted by Crippen LogP contribution is 2.24. The molecule has 8 nitrogen and oxygen atoms in total. The Kier molecular flexibility index (Phi) is 6.48. The van der Waals surface area contributed by atoms with Crippen molar-refractivity contribution >= 4 is 17.6 Å². The number of carbonyl (C=O) groups is 1. The Morgan fingerprint density at radius 1 is 1.03 bits per heavy atom. The van der Waals surface area contributed by atoms with E-state index in [0.717, 1.165) is 50.6 Å². The van der Waals surface area contributed by atoms with Crippen molar-refractivity contribution in [2.24, 2.45) is 0 Å². The average Bonchev–Trinajstić information content (AvgIpc) is 2.93. The second-order valence-electron chi connectivity index (χ2n) is 8.78. The number of anilines is 2. The van der Waals surface area contributed by atoms with Gasteiger partial charge in [0.05, 0.1) is 0 Å². The monoisotopic (exact) mass is 400 g/mol. The molecule has 3 heterocycles. The van der Waals surface area contributed by atoms with Gasteiger partial charge in [-0.1, -0.05) is 0 Å². The van der Waals surface area contributed by atoms with E-state index in [1.54, 1.807) is 4.90 Å². The number of nitriles is 1. The summed E-state index contributed by atoms with van der Waals surface area (Å²) in [4.78, 5) is 25.5. The Balaban J connectivity index is 1.72. The number of aromatic nitrogens is 1. The first-order chi connectivity index (χ1) is 13.7. The minimum atomic E-state index is -0.493. The molecule has 8 heteroatoms. The van der Waals surface area contributed by atoms with Gasteiger partial charge >= 0.3 is 6.09 Å². The van der Waals surface area contributed by atoms with Gasteiger partial charge in [-0.25, -0.2) is 9.78 Å². The highest BCUT2D eigenvalue weighted by Gasteiger charge is 2.25. The van der Waals surface area contributed by atoms with Crippen LogP contribution < -0.4 is 9.80 Å². The van der Waals surface area contributed by atoms with E-state index in [4.69, 9.17) is 4.74 Å². The van der Waals surface area contributed by atoms with Gasteiger partial charge in [0, 0.05) is 64.1 Å². The summed E-state index contributed by atoms with van der Waals surface area (Å²) in [7, 11) is 2.12. The zero-order chi connectivity index (χ0) is 21.0. The topological polar surface area (TPSA) is 75.9 Å². The molecule has 2 aliphatic heterocycles. The number of nitrogens with zero attached hydrogens (tertiary/aromatic N) is 6. The molecule has 0 bridgehead atoms. The van der Waals surface area contributed by atoms with E-state index in [0.29, 0.717) is 25.3 Å². The van der Waals surface area contributed by atoms with Gasteiger partial charge in [0.1, 0.15) is 23.2 Å². The molecule has 0 aromatic carbocycles. The van der Waals surface area contributed by atoms with E-state index in [1.807, 2.05) is 26.8 Å². The van der Waals surface area contributed by atoms with E-state index in [1.165, 1.54) is 0 Å². The Labute approximate surface area is 173 Å². The maximum atomic E-state index is 12.4. The van der Waals surface area contributed by atoms with E-state index in [-0.39, 0.29) is 6.09 Å². The van der Waals surface area contributed by atoms with Crippen molar-refractivity contribution in [2.75, 3.05) is 69.2 Å². The van der Waals surface area contributed by atoms with E-state index >= 15 is 0 Å². The van der Waals surface area contributed by atoms with E-state index in [9.17, 15) is 10.1 Å². The molecule has 0 aliphatic carbocycles. The summed E-state index contributed by atoms with van der Waals surface area (Å²) in [5.41, 5.74) is 0.939. The van der Waals surface area contributed by atoms with Crippen LogP contribution in [0.15, 0.2) is 12.1 Å². The predicted octanol–water partition coefficient (Wildman–Crippen LogP) is 2.15. The SMILES string of the molecule is CN1CCN(c2cc(N3CCCN(C(=O)OC(C)(C)C)CC3)cc(C#N)n2)CC1. The minimum absolute atomic E-state index is 0.259. The summed E-state index contributed by atoms with van der Waals surface area (Å²) >= 11 is 0. The fourth-order valence-corrected chi connectivity index (χ4v) is 3.62. The summed E-state index contributed by atoms with van der Waals surface area (Å²) in [6.07, 6.45) is 0.595. The molecule has 1 amide bonds. The van der Waals surface area contributed by atoms with Crippen LogP contribution in [0.25, 0.3) is 0 Å². The molecule has 0 N–H and O–H groups in total. The van der Waals surface area contributed by atoms with Crippen LogP contribution in [0.1, 0.15) is 32.9 Å². The zero-order valence-corrected chi connectivity index (χ0v) is 18.0. The first-order valence-corrected chi connectivity index (χ1v) is 10.3. The Hall–Kier alpha value is -2.53. The molecule has 2 saturated heterocycles. The lowest BCUT2D eigenvalue weighted by molar-refractivity contribution is 0.0263. The summed E-state index contributed by atoms with van der Waals surface area (Å²) in [6, 6.07) is 6.13. The number of piperazine rings is 1. The maximum Gasteiger partial charge on any atom is 0.410 e. The number of likely N-dealkylation sites (N-methyl/N-ethyl adjacent to an activating group) is 1. The van der Waals surface area contributed by atoms with Crippen molar-refractivity contribution in [3.63, 3.8) is 0 Å². The van der Waals surface area contributed by atoms with Crippen LogP contribution in [-0.2, 0) is 4.74 Å². The number of amides is 1. The minimum Gasteiger partial charge on any atom is -0.444 e. The van der Waals surface area contributed by atoms with Gasteiger partial charge in [0.25, 0.3) is 0 Å². The van der Waals surface area contributed by atoms with Gasteiger partial charge in [-0.3, -0.25) is 0 Å². The van der Waals surface area contributed by atoms with Crippen LogP contribution in [0.5, 0.6) is 0 Å². The van der Waals surface area contributed by atoms with Crippen LogP contribution in [0, 0.1) is 11.3 Å². The van der Waals surface area contributed by atoms with Gasteiger partial charge in [-0.15, -0.1) is 0 Å². The van der Waals surface area contributed by atoms with Crippen LogP contribution in [0.2, 0.25) is 0 Å². The summed E-state index contributed by atoms with van der Waals surface area (Å²) < 4.78 is 5.52. The molecule has 1 aromatic rings. The van der Waals surface area contributed by atoms with E-state index < -0.39 is 5.60 Å². The summed E-state index contributed by atoms with van der Waals surface area (Å²) in [5, 5.41) is 9.48. The third kappa shape index (κ3) is 5.73. The van der Waals surface area contributed by atoms with Gasteiger partial charge in [0.2, 0.25) is 0 Å². The van der Waals surface area contributed by atoms with Crippen molar-refractivity contribution < 1.29 is 9.53 Å². The van der Waals surface area contributed by atoms with Crippen molar-refractivity contribution in [3.8, 4) is 6.07 Å². The second kappa shape index (κ2) is 8.87. The Bertz CT molecular complexity index is 761. The number of rotatable bonds is 2. The summed E-state index contributed by atoms with van der Waals surface area (Å²) in [5.74, 6) is 0.861. The first kappa shape index (κ1) is 21.2. The largest absolute Gasteiger partial charge is 0.444 e. The van der Waals surface area contributed by atoms with Gasteiger partial charge in [-0.05, 0) is 40.3 Å². The molecule has 29 heavy (non-hydrogen) atoms. The molecule has 158 valence electrons. The highest BCUT2D eigenvalue weighted by molar-refractivity contribution is 5.68. The molecular formula is C21H32N6O2. The number of hydrogen-bond acceptors (Lipinski definition) is 7. The zero-order valence-electron chi connectivity index (χ0n) is 18.0. The smallest absolute Gasteiger partial charge is 0.410 e. The Morgan fingerprint density at radius 3 is 2.38 bits per heavy atom. The molecule has 3 rings (SSSR count). The van der Waals surface area contributed by atoms with Crippen molar-refractivity contribution in [1.29, 1.82) is 5.26 Å². The maximum absolute atomic E-state index is 12.4. The number of hydrogen-bond donors (Lipinski definition) is 0. The van der Waals surface area contributed by atoms with Crippen LogP contribution in [-0.4, -0.2) is 85.9 Å². The predicted molar refractivity (Wildman–Crippen MR) is 113 cm³/mol. The van der Waals surface area contributed by atoms with Crippen molar-refractivity contribution in [3.05, 3.63) is 17.8 Å². The third-order valence-corrected chi connectivity index (χ3v) is 5.25. The number of pyridine rings is 1. The number of ether oxygens (including phenoxy) is 1.